The Balaban J connectivity index is 2.14. The predicted molar refractivity (Wildman–Crippen MR) is 55.9 cm³/mol. The molecular formula is C12H13NO2. The van der Waals surface area contributed by atoms with Crippen LogP contribution in [0.3, 0.4) is 0 Å². The minimum absolute atomic E-state index is 0.316. The predicted octanol–water partition coefficient (Wildman–Crippen LogP) is 2.57. The van der Waals surface area contributed by atoms with E-state index in [-0.39, 0.29) is 0 Å². The van der Waals surface area contributed by atoms with E-state index in [2.05, 4.69) is 13.0 Å². The van der Waals surface area contributed by atoms with Gasteiger partial charge in [-0.15, -0.1) is 0 Å². The topological polar surface area (TPSA) is 42.2 Å². The van der Waals surface area contributed by atoms with Crippen LogP contribution in [0.2, 0.25) is 0 Å². The third-order valence-electron chi connectivity index (χ3n) is 2.57. The summed E-state index contributed by atoms with van der Waals surface area (Å²) in [4.78, 5) is 0. The Morgan fingerprint density at radius 1 is 1.33 bits per heavy atom. The van der Waals surface area contributed by atoms with Gasteiger partial charge in [0.25, 0.3) is 0 Å². The van der Waals surface area contributed by atoms with Gasteiger partial charge >= 0.3 is 0 Å². The van der Waals surface area contributed by atoms with E-state index < -0.39 is 0 Å². The largest absolute Gasteiger partial charge is 0.454 e. The second-order valence-corrected chi connectivity index (χ2v) is 3.64. The lowest BCUT2D eigenvalue weighted by atomic mass is 10.0. The fourth-order valence-electron chi connectivity index (χ4n) is 1.71. The Morgan fingerprint density at radius 2 is 2.07 bits per heavy atom. The Kier molecular flexibility index (Phi) is 2.77. The number of rotatable bonds is 3. The fourth-order valence-corrected chi connectivity index (χ4v) is 1.71. The van der Waals surface area contributed by atoms with E-state index in [1.165, 1.54) is 11.1 Å². The lowest BCUT2D eigenvalue weighted by Crippen LogP contribution is -1.93. The quantitative estimate of drug-likeness (QED) is 0.709. The first-order chi connectivity index (χ1) is 7.31. The number of nitrogens with zero attached hydrogens (tertiary/aromatic N) is 1. The minimum atomic E-state index is 0.316. The molecule has 1 aromatic carbocycles. The molecule has 1 aromatic rings. The molecule has 0 unspecified atom stereocenters. The highest BCUT2D eigenvalue weighted by atomic mass is 16.7. The van der Waals surface area contributed by atoms with Crippen molar-refractivity contribution in [3.8, 4) is 17.6 Å². The molecule has 15 heavy (non-hydrogen) atoms. The van der Waals surface area contributed by atoms with E-state index in [0.29, 0.717) is 13.2 Å². The Bertz CT molecular complexity index is 407. The van der Waals surface area contributed by atoms with Gasteiger partial charge in [0.05, 0.1) is 6.07 Å². The van der Waals surface area contributed by atoms with Crippen molar-refractivity contribution in [3.05, 3.63) is 23.3 Å². The average molecular weight is 203 g/mol. The minimum Gasteiger partial charge on any atom is -0.454 e. The molecule has 0 spiro atoms. The summed E-state index contributed by atoms with van der Waals surface area (Å²) < 4.78 is 10.6. The van der Waals surface area contributed by atoms with Crippen LogP contribution in [0, 0.1) is 18.3 Å². The van der Waals surface area contributed by atoms with Crippen molar-refractivity contribution < 1.29 is 9.47 Å². The lowest BCUT2D eigenvalue weighted by Gasteiger charge is -2.06. The molecule has 3 nitrogen and oxygen atoms in total. The zero-order valence-corrected chi connectivity index (χ0v) is 8.75. The molecule has 0 N–H and O–H groups in total. The number of fused-ring (bicyclic) bond motifs is 1. The van der Waals surface area contributed by atoms with E-state index in [4.69, 9.17) is 14.7 Å². The van der Waals surface area contributed by atoms with Gasteiger partial charge in [0.2, 0.25) is 6.79 Å². The molecule has 1 aliphatic heterocycles. The Labute approximate surface area is 89.2 Å². The van der Waals surface area contributed by atoms with Crippen LogP contribution in [0.15, 0.2) is 12.1 Å². The Hall–Kier alpha value is -1.69. The maximum Gasteiger partial charge on any atom is 0.231 e. The van der Waals surface area contributed by atoms with Gasteiger partial charge in [0, 0.05) is 6.42 Å². The number of unbranched alkanes of at least 4 members (excludes halogenated alkanes) is 1. The maximum absolute atomic E-state index is 8.47. The molecule has 0 aliphatic carbocycles. The molecule has 0 amide bonds. The average Bonchev–Trinajstić information content (AvgIpc) is 2.65. The van der Waals surface area contributed by atoms with E-state index in [1.54, 1.807) is 0 Å². The van der Waals surface area contributed by atoms with Gasteiger partial charge in [0.15, 0.2) is 11.5 Å². The number of hydrogen-bond donors (Lipinski definition) is 0. The number of aryl methyl sites for hydroxylation is 2. The van der Waals surface area contributed by atoms with Crippen LogP contribution in [-0.2, 0) is 6.42 Å². The van der Waals surface area contributed by atoms with Crippen molar-refractivity contribution in [3.63, 3.8) is 0 Å². The maximum atomic E-state index is 8.47. The second-order valence-electron chi connectivity index (χ2n) is 3.64. The summed E-state index contributed by atoms with van der Waals surface area (Å²) in [5, 5.41) is 8.47. The molecule has 0 bridgehead atoms. The molecule has 0 saturated carbocycles. The highest BCUT2D eigenvalue weighted by Crippen LogP contribution is 2.34. The number of hydrogen-bond acceptors (Lipinski definition) is 3. The van der Waals surface area contributed by atoms with Crippen LogP contribution in [-0.4, -0.2) is 6.79 Å². The van der Waals surface area contributed by atoms with Crippen LogP contribution >= 0.6 is 0 Å². The molecular weight excluding hydrogens is 190 g/mol. The fraction of sp³-hybridized carbons (Fsp3) is 0.417. The van der Waals surface area contributed by atoms with Crippen molar-refractivity contribution in [2.45, 2.75) is 26.2 Å². The molecule has 0 atom stereocenters. The van der Waals surface area contributed by atoms with E-state index in [1.807, 2.05) is 12.1 Å². The normalized spacial score (nSPS) is 12.5. The zero-order chi connectivity index (χ0) is 10.7. The smallest absolute Gasteiger partial charge is 0.231 e. The van der Waals surface area contributed by atoms with Gasteiger partial charge in [-0.1, -0.05) is 0 Å². The third-order valence-corrected chi connectivity index (χ3v) is 2.57. The summed E-state index contributed by atoms with van der Waals surface area (Å²) in [7, 11) is 0. The van der Waals surface area contributed by atoms with Crippen LogP contribution in [0.4, 0.5) is 0 Å². The number of ether oxygens (including phenoxy) is 2. The summed E-state index contributed by atoms with van der Waals surface area (Å²) >= 11 is 0. The van der Waals surface area contributed by atoms with Crippen molar-refractivity contribution in [2.75, 3.05) is 6.79 Å². The number of nitriles is 1. The summed E-state index contributed by atoms with van der Waals surface area (Å²) in [6, 6.07) is 6.18. The van der Waals surface area contributed by atoms with Gasteiger partial charge in [-0.25, -0.2) is 0 Å². The third kappa shape index (κ3) is 2.04. The highest BCUT2D eigenvalue weighted by Gasteiger charge is 2.15. The molecule has 1 heterocycles. The van der Waals surface area contributed by atoms with Crippen molar-refractivity contribution in [1.82, 2.24) is 0 Å². The summed E-state index contributed by atoms with van der Waals surface area (Å²) in [5.74, 6) is 1.66. The number of benzene rings is 1. The summed E-state index contributed by atoms with van der Waals surface area (Å²) in [5.41, 5.74) is 2.45. The van der Waals surface area contributed by atoms with Crippen LogP contribution in [0.25, 0.3) is 0 Å². The first-order valence-electron chi connectivity index (χ1n) is 5.07. The zero-order valence-electron chi connectivity index (χ0n) is 8.75. The molecule has 78 valence electrons. The molecule has 0 saturated heterocycles. The van der Waals surface area contributed by atoms with Crippen LogP contribution in [0.5, 0.6) is 11.5 Å². The van der Waals surface area contributed by atoms with E-state index in [9.17, 15) is 0 Å². The van der Waals surface area contributed by atoms with Crippen molar-refractivity contribution in [2.24, 2.45) is 0 Å². The van der Waals surface area contributed by atoms with Gasteiger partial charge in [0.1, 0.15) is 0 Å². The first kappa shape index (κ1) is 9.85. The SMILES string of the molecule is Cc1cc2c(cc1CCCC#N)OCO2. The van der Waals surface area contributed by atoms with Crippen molar-refractivity contribution >= 4 is 0 Å². The van der Waals surface area contributed by atoms with Crippen molar-refractivity contribution in [1.29, 1.82) is 5.26 Å². The van der Waals surface area contributed by atoms with E-state index in [0.717, 1.165) is 24.3 Å². The van der Waals surface area contributed by atoms with Gasteiger partial charge in [-0.3, -0.25) is 0 Å². The molecule has 0 radical (unpaired) electrons. The highest BCUT2D eigenvalue weighted by molar-refractivity contribution is 5.48. The van der Waals surface area contributed by atoms with E-state index >= 15 is 0 Å². The van der Waals surface area contributed by atoms with Crippen LogP contribution < -0.4 is 9.47 Å². The second kappa shape index (κ2) is 4.22. The first-order valence-corrected chi connectivity index (χ1v) is 5.07. The van der Waals surface area contributed by atoms with Gasteiger partial charge < -0.3 is 9.47 Å². The molecule has 1 aliphatic rings. The molecule has 0 fully saturated rings. The molecule has 0 aromatic heterocycles. The lowest BCUT2D eigenvalue weighted by molar-refractivity contribution is 0.174. The molecule has 3 heteroatoms. The van der Waals surface area contributed by atoms with Gasteiger partial charge in [-0.05, 0) is 43.0 Å². The summed E-state index contributed by atoms with van der Waals surface area (Å²) in [6.07, 6.45) is 2.43. The summed E-state index contributed by atoms with van der Waals surface area (Å²) in [6.45, 7) is 2.38. The standard InChI is InChI=1S/C12H13NO2/c1-9-6-11-12(15-8-14-11)7-10(9)4-2-3-5-13/h6-7H,2-4,8H2,1H3. The monoisotopic (exact) mass is 203 g/mol. The van der Waals surface area contributed by atoms with Crippen LogP contribution in [0.1, 0.15) is 24.0 Å². The molecule has 2 rings (SSSR count). The van der Waals surface area contributed by atoms with Gasteiger partial charge in [-0.2, -0.15) is 5.26 Å². The Morgan fingerprint density at radius 3 is 2.80 bits per heavy atom.